The van der Waals surface area contributed by atoms with E-state index in [0.717, 1.165) is 36.6 Å². The van der Waals surface area contributed by atoms with Crippen LogP contribution < -0.4 is 15.0 Å². The lowest BCUT2D eigenvalue weighted by Crippen LogP contribution is -2.30. The summed E-state index contributed by atoms with van der Waals surface area (Å²) >= 11 is 0. The number of amides is 1. The van der Waals surface area contributed by atoms with Crippen LogP contribution in [0.5, 0.6) is 5.75 Å². The summed E-state index contributed by atoms with van der Waals surface area (Å²) in [5.41, 5.74) is 2.05. The Balaban J connectivity index is 1.41. The third kappa shape index (κ3) is 5.83. The van der Waals surface area contributed by atoms with Gasteiger partial charge in [-0.3, -0.25) is 4.79 Å². The number of nitrogens with one attached hydrogen (secondary N) is 1. The van der Waals surface area contributed by atoms with Gasteiger partial charge in [0.2, 0.25) is 0 Å². The summed E-state index contributed by atoms with van der Waals surface area (Å²) in [5, 5.41) is 11.5. The van der Waals surface area contributed by atoms with Crippen molar-refractivity contribution >= 4 is 17.4 Å². The minimum absolute atomic E-state index is 0.187. The molecule has 0 spiro atoms. The van der Waals surface area contributed by atoms with Gasteiger partial charge in [0.1, 0.15) is 5.82 Å². The molecule has 8 heteroatoms. The molecule has 2 aromatic carbocycles. The van der Waals surface area contributed by atoms with Gasteiger partial charge in [-0.2, -0.15) is 0 Å². The first-order valence-electron chi connectivity index (χ1n) is 11.1. The number of halogens is 2. The van der Waals surface area contributed by atoms with Crippen molar-refractivity contribution in [2.75, 3.05) is 23.3 Å². The Labute approximate surface area is 191 Å². The zero-order chi connectivity index (χ0) is 23.2. The SMILES string of the molecule is CC(Oc1ccc(F)cc1F)C(=O)Nc1cccc(-c2ccc(N3CCCCCC3)nn2)c1. The van der Waals surface area contributed by atoms with Crippen LogP contribution in [0.3, 0.4) is 0 Å². The van der Waals surface area contributed by atoms with Gasteiger partial charge in [0.25, 0.3) is 5.91 Å². The van der Waals surface area contributed by atoms with Crippen LogP contribution in [0.2, 0.25) is 0 Å². The van der Waals surface area contributed by atoms with Crippen LogP contribution in [0.25, 0.3) is 11.3 Å². The molecule has 0 radical (unpaired) electrons. The molecule has 1 aliphatic rings. The van der Waals surface area contributed by atoms with Crippen molar-refractivity contribution in [1.82, 2.24) is 10.2 Å². The standard InChI is InChI=1S/C25H26F2N4O2/c1-17(33-23-11-9-19(26)16-21(23)27)25(32)28-20-8-6-7-18(15-20)22-10-12-24(30-29-22)31-13-4-2-3-5-14-31/h6-12,15-17H,2-5,13-14H2,1H3,(H,28,32). The molecular weight excluding hydrogens is 426 g/mol. The lowest BCUT2D eigenvalue weighted by Gasteiger charge is -2.20. The van der Waals surface area contributed by atoms with E-state index < -0.39 is 23.6 Å². The molecule has 0 saturated carbocycles. The second-order valence-electron chi connectivity index (χ2n) is 8.08. The predicted octanol–water partition coefficient (Wildman–Crippen LogP) is 5.21. The number of hydrogen-bond donors (Lipinski definition) is 1. The third-order valence-electron chi connectivity index (χ3n) is 5.57. The Kier molecular flexibility index (Phi) is 7.12. The molecule has 0 aliphatic carbocycles. The average Bonchev–Trinajstić information content (AvgIpc) is 3.11. The lowest BCUT2D eigenvalue weighted by atomic mass is 10.1. The maximum atomic E-state index is 13.8. The quantitative estimate of drug-likeness (QED) is 0.556. The van der Waals surface area contributed by atoms with Crippen LogP contribution in [0.15, 0.2) is 54.6 Å². The van der Waals surface area contributed by atoms with Crippen molar-refractivity contribution in [2.45, 2.75) is 38.7 Å². The van der Waals surface area contributed by atoms with Gasteiger partial charge in [-0.25, -0.2) is 8.78 Å². The Morgan fingerprint density at radius 3 is 2.48 bits per heavy atom. The maximum absolute atomic E-state index is 13.8. The van der Waals surface area contributed by atoms with E-state index in [4.69, 9.17) is 4.74 Å². The number of carbonyl (C=O) groups excluding carboxylic acids is 1. The van der Waals surface area contributed by atoms with Crippen molar-refractivity contribution in [2.24, 2.45) is 0 Å². The molecule has 1 unspecified atom stereocenters. The molecule has 1 aromatic heterocycles. The highest BCUT2D eigenvalue weighted by atomic mass is 19.1. The monoisotopic (exact) mass is 452 g/mol. The zero-order valence-electron chi connectivity index (χ0n) is 18.4. The summed E-state index contributed by atoms with van der Waals surface area (Å²) in [6.07, 6.45) is 3.86. The number of ether oxygens (including phenoxy) is 1. The third-order valence-corrected chi connectivity index (χ3v) is 5.57. The van der Waals surface area contributed by atoms with Crippen LogP contribution in [-0.2, 0) is 4.79 Å². The number of aromatic nitrogens is 2. The van der Waals surface area contributed by atoms with Crippen LogP contribution in [0.1, 0.15) is 32.6 Å². The van der Waals surface area contributed by atoms with Crippen LogP contribution in [0.4, 0.5) is 20.3 Å². The van der Waals surface area contributed by atoms with Crippen LogP contribution in [-0.4, -0.2) is 35.3 Å². The fraction of sp³-hybridized carbons (Fsp3) is 0.320. The normalized spacial score (nSPS) is 14.9. The van der Waals surface area contributed by atoms with E-state index >= 15 is 0 Å². The van der Waals surface area contributed by atoms with E-state index in [0.29, 0.717) is 17.4 Å². The average molecular weight is 453 g/mol. The van der Waals surface area contributed by atoms with E-state index in [-0.39, 0.29) is 5.75 Å². The molecule has 6 nitrogen and oxygen atoms in total. The first kappa shape index (κ1) is 22.6. The highest BCUT2D eigenvalue weighted by Gasteiger charge is 2.18. The lowest BCUT2D eigenvalue weighted by molar-refractivity contribution is -0.122. The molecule has 1 atom stereocenters. The fourth-order valence-corrected chi connectivity index (χ4v) is 3.76. The number of anilines is 2. The fourth-order valence-electron chi connectivity index (χ4n) is 3.76. The van der Waals surface area contributed by atoms with Gasteiger partial charge in [0.05, 0.1) is 5.69 Å². The summed E-state index contributed by atoms with van der Waals surface area (Å²) in [6.45, 7) is 3.49. The minimum atomic E-state index is -0.985. The first-order valence-corrected chi connectivity index (χ1v) is 11.1. The number of carbonyl (C=O) groups is 1. The molecule has 33 heavy (non-hydrogen) atoms. The highest BCUT2D eigenvalue weighted by Crippen LogP contribution is 2.24. The summed E-state index contributed by atoms with van der Waals surface area (Å²) in [6, 6.07) is 14.1. The summed E-state index contributed by atoms with van der Waals surface area (Å²) < 4.78 is 32.2. The van der Waals surface area contributed by atoms with Gasteiger partial charge >= 0.3 is 0 Å². The topological polar surface area (TPSA) is 67.3 Å². The molecule has 172 valence electrons. The van der Waals surface area contributed by atoms with Gasteiger partial charge in [0.15, 0.2) is 23.5 Å². The van der Waals surface area contributed by atoms with Gasteiger partial charge in [-0.05, 0) is 56.2 Å². The van der Waals surface area contributed by atoms with E-state index in [1.165, 1.54) is 32.6 Å². The van der Waals surface area contributed by atoms with Crippen molar-refractivity contribution in [3.63, 3.8) is 0 Å². The van der Waals surface area contributed by atoms with Crippen molar-refractivity contribution in [1.29, 1.82) is 0 Å². The van der Waals surface area contributed by atoms with E-state index in [1.807, 2.05) is 18.2 Å². The largest absolute Gasteiger partial charge is 0.478 e. The smallest absolute Gasteiger partial charge is 0.265 e. The minimum Gasteiger partial charge on any atom is -0.478 e. The van der Waals surface area contributed by atoms with E-state index in [1.54, 1.807) is 18.2 Å². The van der Waals surface area contributed by atoms with E-state index in [2.05, 4.69) is 20.4 Å². The van der Waals surface area contributed by atoms with Crippen molar-refractivity contribution in [3.05, 3.63) is 66.2 Å². The second kappa shape index (κ2) is 10.4. The van der Waals surface area contributed by atoms with Gasteiger partial charge < -0.3 is 15.0 Å². The zero-order valence-corrected chi connectivity index (χ0v) is 18.4. The van der Waals surface area contributed by atoms with Gasteiger partial charge in [-0.1, -0.05) is 25.0 Å². The number of rotatable bonds is 6. The Hall–Kier alpha value is -3.55. The molecule has 1 saturated heterocycles. The van der Waals surface area contributed by atoms with Gasteiger partial charge in [-0.15, -0.1) is 10.2 Å². The summed E-state index contributed by atoms with van der Waals surface area (Å²) in [7, 11) is 0. The van der Waals surface area contributed by atoms with E-state index in [9.17, 15) is 13.6 Å². The van der Waals surface area contributed by atoms with Crippen molar-refractivity contribution < 1.29 is 18.3 Å². The molecule has 4 rings (SSSR count). The number of nitrogens with zero attached hydrogens (tertiary/aromatic N) is 3. The van der Waals surface area contributed by atoms with Crippen LogP contribution >= 0.6 is 0 Å². The molecule has 1 aliphatic heterocycles. The number of benzene rings is 2. The van der Waals surface area contributed by atoms with Gasteiger partial charge in [0, 0.05) is 30.4 Å². The molecule has 2 heterocycles. The Bertz CT molecular complexity index is 1100. The predicted molar refractivity (Wildman–Crippen MR) is 123 cm³/mol. The molecule has 0 bridgehead atoms. The Morgan fingerprint density at radius 2 is 1.79 bits per heavy atom. The number of hydrogen-bond acceptors (Lipinski definition) is 5. The maximum Gasteiger partial charge on any atom is 0.265 e. The summed E-state index contributed by atoms with van der Waals surface area (Å²) in [5.74, 6) is -1.34. The second-order valence-corrected chi connectivity index (χ2v) is 8.08. The Morgan fingerprint density at radius 1 is 1.00 bits per heavy atom. The highest BCUT2D eigenvalue weighted by molar-refractivity contribution is 5.94. The van der Waals surface area contributed by atoms with Crippen molar-refractivity contribution in [3.8, 4) is 17.0 Å². The molecule has 1 amide bonds. The molecule has 3 aromatic rings. The molecule has 1 fully saturated rings. The molecule has 1 N–H and O–H groups in total. The van der Waals surface area contributed by atoms with Crippen LogP contribution in [0, 0.1) is 11.6 Å². The summed E-state index contributed by atoms with van der Waals surface area (Å²) in [4.78, 5) is 14.8. The molecular formula is C25H26F2N4O2. The first-order chi connectivity index (χ1) is 16.0.